The van der Waals surface area contributed by atoms with Crippen LogP contribution in [0.15, 0.2) is 97.6 Å². The average molecular weight is 1040 g/mol. The van der Waals surface area contributed by atoms with Gasteiger partial charge in [0.25, 0.3) is 0 Å². The molecule has 2 heterocycles. The molecule has 17 heteroatoms. The van der Waals surface area contributed by atoms with Gasteiger partial charge in [0.2, 0.25) is 0 Å². The first-order valence-electron chi connectivity index (χ1n) is 24.3. The lowest BCUT2D eigenvalue weighted by atomic mass is 9.92. The van der Waals surface area contributed by atoms with Crippen LogP contribution in [-0.2, 0) is 49.1 Å². The highest BCUT2D eigenvalue weighted by atomic mass is 35.5. The van der Waals surface area contributed by atoms with Crippen LogP contribution in [0.25, 0.3) is 11.1 Å². The van der Waals surface area contributed by atoms with Crippen LogP contribution >= 0.6 is 23.2 Å². The quantitative estimate of drug-likeness (QED) is 0.0377. The van der Waals surface area contributed by atoms with E-state index in [-0.39, 0.29) is 52.5 Å². The number of halogens is 2. The minimum atomic E-state index is -1.02. The fourth-order valence-electron chi connectivity index (χ4n) is 8.63. The fourth-order valence-corrected chi connectivity index (χ4v) is 9.11. The second-order valence-electron chi connectivity index (χ2n) is 18.3. The third-order valence-corrected chi connectivity index (χ3v) is 13.5. The Labute approximate surface area is 440 Å². The molecule has 1 aliphatic carbocycles. The van der Waals surface area contributed by atoms with Crippen LogP contribution in [0.5, 0.6) is 23.0 Å². The lowest BCUT2D eigenvalue weighted by Gasteiger charge is -2.29. The summed E-state index contributed by atoms with van der Waals surface area (Å²) < 4.78 is 25.5. The Morgan fingerprint density at radius 1 is 0.703 bits per heavy atom. The maximum Gasteiger partial charge on any atom is 0.321 e. The third kappa shape index (κ3) is 14.5. The number of nitriles is 2. The van der Waals surface area contributed by atoms with E-state index in [1.807, 2.05) is 49.9 Å². The summed E-state index contributed by atoms with van der Waals surface area (Å²) in [6.07, 6.45) is 9.36. The molecule has 0 spiro atoms. The highest BCUT2D eigenvalue weighted by Gasteiger charge is 2.32. The van der Waals surface area contributed by atoms with Gasteiger partial charge in [-0.05, 0) is 103 Å². The van der Waals surface area contributed by atoms with Gasteiger partial charge in [0.1, 0.15) is 73.6 Å². The second kappa shape index (κ2) is 26.1. The Balaban J connectivity index is 1.11. The van der Waals surface area contributed by atoms with Crippen LogP contribution in [0.3, 0.4) is 0 Å². The van der Waals surface area contributed by atoms with Crippen molar-refractivity contribution in [1.82, 2.24) is 20.2 Å². The third-order valence-electron chi connectivity index (χ3n) is 12.9. The number of carboxylic acids is 2. The Morgan fingerprint density at radius 2 is 1.22 bits per heavy atom. The molecule has 0 saturated heterocycles. The summed E-state index contributed by atoms with van der Waals surface area (Å²) in [4.78, 5) is 34.5. The van der Waals surface area contributed by atoms with Crippen molar-refractivity contribution in [1.29, 1.82) is 10.5 Å². The number of aliphatic hydroxyl groups is 1. The number of aliphatic hydroxyl groups excluding tert-OH is 1. The van der Waals surface area contributed by atoms with E-state index in [1.165, 1.54) is 12.4 Å². The van der Waals surface area contributed by atoms with Crippen LogP contribution in [-0.4, -0.2) is 67.4 Å². The van der Waals surface area contributed by atoms with Crippen molar-refractivity contribution >= 4 is 35.1 Å². The molecule has 0 amide bonds. The van der Waals surface area contributed by atoms with E-state index in [1.54, 1.807) is 48.8 Å². The number of nitrogens with one attached hydrogen (secondary N) is 1. The molecule has 1 fully saturated rings. The summed E-state index contributed by atoms with van der Waals surface area (Å²) in [5.74, 6) is -0.0284. The molecule has 74 heavy (non-hydrogen) atoms. The number of carboxylic acid groups (broad SMARTS) is 2. The summed E-state index contributed by atoms with van der Waals surface area (Å²) in [5, 5.41) is 52.3. The first-order valence-corrected chi connectivity index (χ1v) is 25.1. The SMILES string of the molecule is CCCC(NCc1cc(Cl)c(OCc2cccc(-c3cccc(COc4cc(OCc5cncc(C#N)c5)c(CN(CC5CC5)C(CCO)C(=O)O)cc4Cl)c3C)c2C)cc1OCc1cncc(C#N)c1)C(=O)O. The van der Waals surface area contributed by atoms with Gasteiger partial charge in [-0.25, -0.2) is 0 Å². The number of pyridine rings is 2. The summed E-state index contributed by atoms with van der Waals surface area (Å²) in [6, 6.07) is 24.8. The van der Waals surface area contributed by atoms with Gasteiger partial charge in [0.05, 0.1) is 21.2 Å². The van der Waals surface area contributed by atoms with Gasteiger partial charge < -0.3 is 39.6 Å². The van der Waals surface area contributed by atoms with Crippen molar-refractivity contribution in [2.45, 2.75) is 104 Å². The molecule has 6 aromatic rings. The van der Waals surface area contributed by atoms with Crippen molar-refractivity contribution in [2.75, 3.05) is 13.2 Å². The smallest absolute Gasteiger partial charge is 0.321 e. The maximum atomic E-state index is 12.4. The molecule has 2 unspecified atom stereocenters. The predicted octanol–water partition coefficient (Wildman–Crippen LogP) is 10.5. The molecule has 15 nitrogen and oxygen atoms in total. The van der Waals surface area contributed by atoms with E-state index in [0.717, 1.165) is 46.2 Å². The van der Waals surface area contributed by atoms with Gasteiger partial charge in [0, 0.05) is 85.4 Å². The lowest BCUT2D eigenvalue weighted by molar-refractivity contribution is -0.144. The molecule has 7 rings (SSSR count). The molecule has 4 N–H and O–H groups in total. The number of nitrogens with zero attached hydrogens (tertiary/aromatic N) is 5. The van der Waals surface area contributed by atoms with Crippen molar-refractivity contribution < 1.29 is 43.9 Å². The van der Waals surface area contributed by atoms with E-state index >= 15 is 0 Å². The monoisotopic (exact) mass is 1040 g/mol. The minimum Gasteiger partial charge on any atom is -0.488 e. The highest BCUT2D eigenvalue weighted by Crippen LogP contribution is 2.39. The second-order valence-corrected chi connectivity index (χ2v) is 19.1. The largest absolute Gasteiger partial charge is 0.488 e. The number of ether oxygens (including phenoxy) is 4. The van der Waals surface area contributed by atoms with E-state index in [0.29, 0.717) is 91.7 Å². The highest BCUT2D eigenvalue weighted by molar-refractivity contribution is 6.32. The van der Waals surface area contributed by atoms with Crippen molar-refractivity contribution in [3.8, 4) is 46.3 Å². The Kier molecular flexibility index (Phi) is 19.2. The molecule has 2 atom stereocenters. The van der Waals surface area contributed by atoms with Crippen molar-refractivity contribution in [3.63, 3.8) is 0 Å². The van der Waals surface area contributed by atoms with Gasteiger partial charge >= 0.3 is 11.9 Å². The van der Waals surface area contributed by atoms with Gasteiger partial charge in [0.15, 0.2) is 0 Å². The van der Waals surface area contributed by atoms with Crippen LogP contribution in [0.4, 0.5) is 0 Å². The zero-order valence-electron chi connectivity index (χ0n) is 41.4. The molecule has 0 aliphatic heterocycles. The Bertz CT molecular complexity index is 3050. The van der Waals surface area contributed by atoms with Gasteiger partial charge in [-0.1, -0.05) is 72.9 Å². The van der Waals surface area contributed by atoms with Crippen molar-refractivity contribution in [2.24, 2.45) is 5.92 Å². The lowest BCUT2D eigenvalue weighted by Crippen LogP contribution is -2.42. The van der Waals surface area contributed by atoms with Gasteiger partial charge in [-0.3, -0.25) is 24.5 Å². The molecule has 1 aliphatic rings. The van der Waals surface area contributed by atoms with Gasteiger partial charge in [-0.2, -0.15) is 10.5 Å². The topological polar surface area (TPSA) is 220 Å². The minimum absolute atomic E-state index is 0.0647. The first kappa shape index (κ1) is 54.5. The predicted molar refractivity (Wildman–Crippen MR) is 279 cm³/mol. The van der Waals surface area contributed by atoms with Gasteiger partial charge in [-0.15, -0.1) is 0 Å². The zero-order valence-corrected chi connectivity index (χ0v) is 43.0. The van der Waals surface area contributed by atoms with E-state index in [4.69, 9.17) is 42.1 Å². The number of hydrogen-bond acceptors (Lipinski definition) is 13. The van der Waals surface area contributed by atoms with Crippen LogP contribution in [0.1, 0.15) is 94.7 Å². The number of aliphatic carboxylic acids is 2. The van der Waals surface area contributed by atoms with Crippen LogP contribution in [0, 0.1) is 42.4 Å². The normalized spacial score (nSPS) is 12.9. The molecular formula is C57H58Cl2N6O9. The number of benzene rings is 4. The Hall–Kier alpha value is -7.24. The van der Waals surface area contributed by atoms with E-state index < -0.39 is 24.0 Å². The van der Waals surface area contributed by atoms with Crippen molar-refractivity contribution in [3.05, 3.63) is 163 Å². The number of aromatic nitrogens is 2. The van der Waals surface area contributed by atoms with Crippen LogP contribution in [0.2, 0.25) is 10.0 Å². The van der Waals surface area contributed by atoms with E-state index in [2.05, 4.69) is 39.6 Å². The number of rotatable bonds is 27. The summed E-state index contributed by atoms with van der Waals surface area (Å²) >= 11 is 13.8. The summed E-state index contributed by atoms with van der Waals surface area (Å²) in [7, 11) is 0. The zero-order chi connectivity index (χ0) is 52.7. The average Bonchev–Trinajstić information content (AvgIpc) is 4.22. The number of carbonyl (C=O) groups is 2. The number of hydrogen-bond donors (Lipinski definition) is 4. The molecule has 1 saturated carbocycles. The molecule has 4 aromatic carbocycles. The fraction of sp³-hybridized carbons (Fsp3) is 0.333. The summed E-state index contributed by atoms with van der Waals surface area (Å²) in [5.41, 5.74) is 9.15. The molecule has 384 valence electrons. The molecular weight excluding hydrogens is 984 g/mol. The standard InChI is InChI=1S/C57H58Cl2N6O9/c1-4-7-50(56(67)68)64-28-44-18-48(58)54(20-52(44)71-31-40-16-38(22-60)24-62-26-40)73-33-42-8-5-10-46(35(42)2)47-11-6-9-43(36(47)3)34-74-55-21-53(72-32-41-17-39(23-61)25-63-27-41)45(19-49(55)59)30-65(29-37-12-13-37)51(14-15-66)57(69)70/h5-6,8-11,16-21,24-27,37,50-51,64,66H,4,7,12-15,28-34H2,1-3H3,(H,67,68)(H,69,70). The molecule has 2 aromatic heterocycles. The molecule has 0 bridgehead atoms. The van der Waals surface area contributed by atoms with Crippen LogP contribution < -0.4 is 24.3 Å². The summed E-state index contributed by atoms with van der Waals surface area (Å²) in [6.45, 7) is 7.11. The first-order chi connectivity index (χ1) is 35.8. The van der Waals surface area contributed by atoms with E-state index in [9.17, 15) is 35.4 Å². The Morgan fingerprint density at radius 3 is 1.69 bits per heavy atom. The molecule has 0 radical (unpaired) electrons. The maximum absolute atomic E-state index is 12.4.